The molecular formula is C52H86N12O11. The van der Waals surface area contributed by atoms with E-state index in [4.69, 9.17) is 4.42 Å². The maximum Gasteiger partial charge on any atom is 0.276 e. The molecule has 75 heavy (non-hydrogen) atoms. The van der Waals surface area contributed by atoms with Crippen LogP contribution in [0.3, 0.4) is 0 Å². The van der Waals surface area contributed by atoms with Gasteiger partial charge in [0.1, 0.15) is 41.0 Å². The first-order valence-corrected chi connectivity index (χ1v) is 26.6. The molecular weight excluding hydrogens is 969 g/mol. The van der Waals surface area contributed by atoms with E-state index >= 15 is 0 Å². The van der Waals surface area contributed by atoms with Crippen molar-refractivity contribution in [2.24, 2.45) is 11.8 Å². The molecule has 1 aromatic rings. The lowest BCUT2D eigenvalue weighted by molar-refractivity contribution is -0.138. The number of carbonyl (C=O) groups is 10. The van der Waals surface area contributed by atoms with Gasteiger partial charge in [0.25, 0.3) is 5.91 Å². The number of amides is 10. The van der Waals surface area contributed by atoms with Crippen molar-refractivity contribution in [1.29, 1.82) is 0 Å². The first-order valence-electron chi connectivity index (χ1n) is 26.6. The number of likely N-dealkylation sites (tertiary alicyclic amines) is 1. The summed E-state index contributed by atoms with van der Waals surface area (Å²) in [6, 6.07) is -2.96. The predicted octanol–water partition coefficient (Wildman–Crippen LogP) is 0.987. The fourth-order valence-electron chi connectivity index (χ4n) is 9.73. The highest BCUT2D eigenvalue weighted by atomic mass is 16.3. The summed E-state index contributed by atoms with van der Waals surface area (Å²) in [6.07, 6.45) is 11.6. The Morgan fingerprint density at radius 1 is 0.720 bits per heavy atom. The molecule has 2 saturated carbocycles. The summed E-state index contributed by atoms with van der Waals surface area (Å²) in [6.45, 7) is 14.0. The lowest BCUT2D eigenvalue weighted by Gasteiger charge is -2.44. The van der Waals surface area contributed by atoms with Crippen molar-refractivity contribution in [3.8, 4) is 0 Å². The SMILES string of the molecule is Cc1nc(C(=O)N2CCC[C@H]2C(=O)N[C@@H](CCC2CCCCC2)C(=O)NCC(=O)NC(C)(C)C(=O)NCC(=O)N[C@@H](CC(C)C)C(=O)NC(C)(C)C(=O)NC(C)(C)C(=O)NCCC(=O)NC2(CN(C)C)CCC2)co1. The third-order valence-corrected chi connectivity index (χ3v) is 14.1. The molecule has 23 heteroatoms. The zero-order valence-electron chi connectivity index (χ0n) is 46.2. The van der Waals surface area contributed by atoms with Crippen LogP contribution in [0.5, 0.6) is 0 Å². The van der Waals surface area contributed by atoms with Crippen molar-refractivity contribution in [1.82, 2.24) is 62.6 Å². The van der Waals surface area contributed by atoms with Crippen molar-refractivity contribution in [2.75, 3.05) is 46.8 Å². The van der Waals surface area contributed by atoms with Crippen LogP contribution in [-0.4, -0.2) is 161 Å². The van der Waals surface area contributed by atoms with Crippen LogP contribution >= 0.6 is 0 Å². The summed E-state index contributed by atoms with van der Waals surface area (Å²) in [5.41, 5.74) is -4.75. The number of carbonyl (C=O) groups excluding carboxylic acids is 10. The van der Waals surface area contributed by atoms with Gasteiger partial charge in [0.15, 0.2) is 11.6 Å². The van der Waals surface area contributed by atoms with Crippen LogP contribution in [0.15, 0.2) is 10.7 Å². The molecule has 3 fully saturated rings. The first kappa shape index (κ1) is 61.4. The molecule has 1 saturated heterocycles. The fraction of sp³-hybridized carbons (Fsp3) is 0.750. The van der Waals surface area contributed by atoms with Gasteiger partial charge in [-0.25, -0.2) is 4.98 Å². The number of aromatic nitrogens is 1. The van der Waals surface area contributed by atoms with Gasteiger partial charge in [-0.3, -0.25) is 47.9 Å². The number of likely N-dealkylation sites (N-methyl/N-ethyl adjacent to an activating group) is 1. The van der Waals surface area contributed by atoms with Gasteiger partial charge in [0, 0.05) is 33.0 Å². The van der Waals surface area contributed by atoms with Crippen LogP contribution in [-0.2, 0) is 43.2 Å². The van der Waals surface area contributed by atoms with Gasteiger partial charge in [-0.2, -0.15) is 0 Å². The highest BCUT2D eigenvalue weighted by molar-refractivity contribution is 6.00. The average molecular weight is 1060 g/mol. The van der Waals surface area contributed by atoms with Gasteiger partial charge in [-0.1, -0.05) is 46.0 Å². The van der Waals surface area contributed by atoms with Crippen molar-refractivity contribution in [3.05, 3.63) is 17.8 Å². The minimum absolute atomic E-state index is 0.0508. The molecule has 9 N–H and O–H groups in total. The van der Waals surface area contributed by atoms with Gasteiger partial charge in [0.2, 0.25) is 53.2 Å². The quantitative estimate of drug-likeness (QED) is 0.0595. The predicted molar refractivity (Wildman–Crippen MR) is 278 cm³/mol. The van der Waals surface area contributed by atoms with Gasteiger partial charge in [-0.05, 0) is 119 Å². The lowest BCUT2D eigenvalue weighted by atomic mass is 9.76. The molecule has 0 unspecified atom stereocenters. The summed E-state index contributed by atoms with van der Waals surface area (Å²) < 4.78 is 5.20. The molecule has 0 aromatic carbocycles. The van der Waals surface area contributed by atoms with Gasteiger partial charge in [0.05, 0.1) is 18.6 Å². The van der Waals surface area contributed by atoms with E-state index in [1.54, 1.807) is 6.92 Å². The highest BCUT2D eigenvalue weighted by Crippen LogP contribution is 2.32. The zero-order valence-corrected chi connectivity index (χ0v) is 46.2. The normalized spacial score (nSPS) is 17.7. The monoisotopic (exact) mass is 1050 g/mol. The van der Waals surface area contributed by atoms with Crippen molar-refractivity contribution >= 4 is 59.1 Å². The van der Waals surface area contributed by atoms with Crippen molar-refractivity contribution < 1.29 is 52.4 Å². The second-order valence-corrected chi connectivity index (χ2v) is 23.0. The molecule has 4 rings (SSSR count). The number of nitrogens with one attached hydrogen (secondary N) is 9. The van der Waals surface area contributed by atoms with E-state index in [0.29, 0.717) is 44.0 Å². The first-order chi connectivity index (χ1) is 35.0. The number of hydrogen-bond donors (Lipinski definition) is 9. The van der Waals surface area contributed by atoms with Crippen LogP contribution in [0.4, 0.5) is 0 Å². The van der Waals surface area contributed by atoms with E-state index in [9.17, 15) is 47.9 Å². The Morgan fingerprint density at radius 3 is 1.95 bits per heavy atom. The summed E-state index contributed by atoms with van der Waals surface area (Å²) in [5.74, 6) is -5.21. The summed E-state index contributed by atoms with van der Waals surface area (Å²) in [4.78, 5) is 141. The third kappa shape index (κ3) is 18.9. The second-order valence-electron chi connectivity index (χ2n) is 23.0. The molecule has 3 aliphatic rings. The van der Waals surface area contributed by atoms with E-state index in [0.717, 1.165) is 57.9 Å². The Kier molecular flexibility index (Phi) is 22.2. The number of nitrogens with zero attached hydrogens (tertiary/aromatic N) is 3. The Hall–Kier alpha value is -6.13. The summed E-state index contributed by atoms with van der Waals surface area (Å²) >= 11 is 0. The van der Waals surface area contributed by atoms with Gasteiger partial charge >= 0.3 is 0 Å². The fourth-order valence-corrected chi connectivity index (χ4v) is 9.73. The van der Waals surface area contributed by atoms with Gasteiger partial charge < -0.3 is 62.1 Å². The summed E-state index contributed by atoms with van der Waals surface area (Å²) in [7, 11) is 3.90. The van der Waals surface area contributed by atoms with E-state index in [2.05, 4.69) is 52.8 Å². The molecule has 10 amide bonds. The Morgan fingerprint density at radius 2 is 1.35 bits per heavy atom. The van der Waals surface area contributed by atoms with Crippen molar-refractivity contribution in [3.63, 3.8) is 0 Å². The molecule has 3 atom stereocenters. The minimum atomic E-state index is -1.58. The Bertz CT molecular complexity index is 2210. The smallest absolute Gasteiger partial charge is 0.276 e. The molecule has 420 valence electrons. The molecule has 2 aliphatic carbocycles. The van der Waals surface area contributed by atoms with E-state index in [1.807, 2.05) is 32.8 Å². The standard InChI is InChI=1S/C52H86N12O11/c1-32(2)27-36(43(69)61-51(8,9)48(74)62-50(6,7)46(72)53-25-22-39(65)60-52(23-16-24-52)31-63(10)11)57-40(66)28-55-47(73)49(4,5)59-41(67)29-54-42(68)35(21-20-34-17-13-12-14-18-34)58-44(70)38-19-15-26-64(38)45(71)37-30-75-33(3)56-37/h30,32,34-36,38H,12-29,31H2,1-11H3,(H,53,72)(H,54,68)(H,55,73)(H,57,66)(H,58,70)(H,59,67)(H,60,65)(H,61,69)(H,62,74)/t35-,36-,38-/m0/s1. The number of aryl methyl sites for hydroxylation is 1. The molecule has 1 aliphatic heterocycles. The number of rotatable bonds is 27. The molecule has 1 aromatic heterocycles. The molecule has 23 nitrogen and oxygen atoms in total. The zero-order chi connectivity index (χ0) is 55.9. The Labute approximate surface area is 441 Å². The molecule has 0 spiro atoms. The van der Waals surface area contributed by atoms with Gasteiger partial charge in [-0.15, -0.1) is 0 Å². The molecule has 0 bridgehead atoms. The maximum atomic E-state index is 13.7. The minimum Gasteiger partial charge on any atom is -0.448 e. The van der Waals surface area contributed by atoms with E-state index in [1.165, 1.54) is 52.7 Å². The van der Waals surface area contributed by atoms with Crippen LogP contribution in [0, 0.1) is 18.8 Å². The Balaban J connectivity index is 1.25. The molecule has 0 radical (unpaired) electrons. The van der Waals surface area contributed by atoms with Crippen molar-refractivity contribution in [2.45, 2.75) is 192 Å². The van der Waals surface area contributed by atoms with E-state index in [-0.39, 0.29) is 42.4 Å². The van der Waals surface area contributed by atoms with Crippen LogP contribution in [0.25, 0.3) is 0 Å². The van der Waals surface area contributed by atoms with Crippen LogP contribution < -0.4 is 47.9 Å². The molecule has 2 heterocycles. The van der Waals surface area contributed by atoms with Crippen LogP contribution in [0.1, 0.15) is 162 Å². The number of oxazole rings is 1. The lowest BCUT2D eigenvalue weighted by Crippen LogP contribution is -2.64. The van der Waals surface area contributed by atoms with E-state index < -0.39 is 101 Å². The summed E-state index contributed by atoms with van der Waals surface area (Å²) in [5, 5.41) is 24.3. The third-order valence-electron chi connectivity index (χ3n) is 14.1. The topological polar surface area (TPSA) is 311 Å². The van der Waals surface area contributed by atoms with Crippen LogP contribution in [0.2, 0.25) is 0 Å². The maximum absolute atomic E-state index is 13.7. The second kappa shape index (κ2) is 27.1. The highest BCUT2D eigenvalue weighted by Gasteiger charge is 2.41. The largest absolute Gasteiger partial charge is 0.448 e. The number of hydrogen-bond acceptors (Lipinski definition) is 13. The average Bonchev–Trinajstić information content (AvgIpc) is 3.99.